The minimum absolute atomic E-state index is 0.116. The highest BCUT2D eigenvalue weighted by Gasteiger charge is 2.38. The smallest absolute Gasteiger partial charge is 0.287 e. The number of methoxy groups -OCH3 is 1. The van der Waals surface area contributed by atoms with Crippen LogP contribution in [-0.2, 0) is 12.0 Å². The third kappa shape index (κ3) is 4.20. The predicted octanol–water partition coefficient (Wildman–Crippen LogP) is 5.11. The Bertz CT molecular complexity index is 974. The predicted molar refractivity (Wildman–Crippen MR) is 115 cm³/mol. The first-order chi connectivity index (χ1) is 14.7. The highest BCUT2D eigenvalue weighted by Crippen LogP contribution is 2.44. The number of benzene rings is 2. The Morgan fingerprint density at radius 3 is 2.53 bits per heavy atom. The summed E-state index contributed by atoms with van der Waals surface area (Å²) in [6.45, 7) is 0.826. The number of furan rings is 1. The lowest BCUT2D eigenvalue weighted by atomic mass is 9.78. The van der Waals surface area contributed by atoms with Gasteiger partial charge in [-0.15, -0.1) is 0 Å². The molecule has 0 aliphatic heterocycles. The molecule has 1 N–H and O–H groups in total. The maximum Gasteiger partial charge on any atom is 0.287 e. The van der Waals surface area contributed by atoms with Crippen LogP contribution in [0, 0.1) is 0 Å². The number of hydrogen-bond acceptors (Lipinski definition) is 4. The van der Waals surface area contributed by atoms with E-state index in [2.05, 4.69) is 11.4 Å². The molecular formula is C25H27NO4. The van der Waals surface area contributed by atoms with Crippen LogP contribution in [-0.4, -0.2) is 19.6 Å². The van der Waals surface area contributed by atoms with E-state index in [9.17, 15) is 4.79 Å². The highest BCUT2D eigenvalue weighted by atomic mass is 16.5. The summed E-state index contributed by atoms with van der Waals surface area (Å²) in [5, 5.41) is 3.11. The minimum atomic E-state index is -0.215. The van der Waals surface area contributed by atoms with Gasteiger partial charge in [0.25, 0.3) is 5.91 Å². The highest BCUT2D eigenvalue weighted by molar-refractivity contribution is 5.92. The van der Waals surface area contributed by atoms with Gasteiger partial charge in [0.1, 0.15) is 18.1 Å². The van der Waals surface area contributed by atoms with E-state index < -0.39 is 0 Å². The Labute approximate surface area is 177 Å². The molecule has 1 aliphatic carbocycles. The average molecular weight is 405 g/mol. The van der Waals surface area contributed by atoms with Crippen LogP contribution in [0.15, 0.2) is 71.3 Å². The number of nitrogens with one attached hydrogen (secondary N) is 1. The molecule has 1 saturated carbocycles. The zero-order valence-corrected chi connectivity index (χ0v) is 17.2. The first-order valence-electron chi connectivity index (χ1n) is 10.4. The van der Waals surface area contributed by atoms with Gasteiger partial charge in [-0.05, 0) is 37.1 Å². The number of para-hydroxylation sites is 2. The van der Waals surface area contributed by atoms with Gasteiger partial charge in [0, 0.05) is 23.1 Å². The Balaban J connectivity index is 1.46. The maximum atomic E-state index is 12.9. The third-order valence-corrected chi connectivity index (χ3v) is 5.92. The van der Waals surface area contributed by atoms with Gasteiger partial charge in [0.2, 0.25) is 0 Å². The first kappa shape index (κ1) is 20.1. The van der Waals surface area contributed by atoms with Gasteiger partial charge < -0.3 is 19.2 Å². The van der Waals surface area contributed by atoms with E-state index in [1.54, 1.807) is 13.2 Å². The van der Waals surface area contributed by atoms with Crippen LogP contribution in [0.5, 0.6) is 11.5 Å². The van der Waals surface area contributed by atoms with E-state index in [1.807, 2.05) is 48.5 Å². The second-order valence-corrected chi connectivity index (χ2v) is 7.75. The van der Waals surface area contributed by atoms with Gasteiger partial charge in [-0.25, -0.2) is 0 Å². The van der Waals surface area contributed by atoms with E-state index in [0.29, 0.717) is 12.3 Å². The lowest BCUT2D eigenvalue weighted by Gasteiger charge is -2.31. The van der Waals surface area contributed by atoms with Gasteiger partial charge in [0.15, 0.2) is 5.76 Å². The van der Waals surface area contributed by atoms with Crippen molar-refractivity contribution in [1.29, 1.82) is 0 Å². The molecule has 0 unspecified atom stereocenters. The van der Waals surface area contributed by atoms with Crippen molar-refractivity contribution in [2.45, 2.75) is 37.7 Å². The van der Waals surface area contributed by atoms with Crippen LogP contribution in [0.1, 0.15) is 47.4 Å². The number of rotatable bonds is 8. The van der Waals surface area contributed by atoms with Crippen molar-refractivity contribution in [3.05, 3.63) is 83.8 Å². The summed E-state index contributed by atoms with van der Waals surface area (Å²) in [6, 6.07) is 19.4. The van der Waals surface area contributed by atoms with Gasteiger partial charge >= 0.3 is 0 Å². The fourth-order valence-corrected chi connectivity index (χ4v) is 4.33. The third-order valence-electron chi connectivity index (χ3n) is 5.92. The molecular weight excluding hydrogens is 378 g/mol. The summed E-state index contributed by atoms with van der Waals surface area (Å²) in [5.74, 6) is 1.72. The van der Waals surface area contributed by atoms with Crippen molar-refractivity contribution in [1.82, 2.24) is 5.32 Å². The van der Waals surface area contributed by atoms with Crippen LogP contribution >= 0.6 is 0 Å². The molecule has 1 fully saturated rings. The topological polar surface area (TPSA) is 60.7 Å². The van der Waals surface area contributed by atoms with Crippen LogP contribution in [0.25, 0.3) is 0 Å². The molecule has 1 amide bonds. The minimum Gasteiger partial charge on any atom is -0.496 e. The Kier molecular flexibility index (Phi) is 6.07. The van der Waals surface area contributed by atoms with Gasteiger partial charge in [-0.3, -0.25) is 4.79 Å². The lowest BCUT2D eigenvalue weighted by Crippen LogP contribution is -2.39. The van der Waals surface area contributed by atoms with Crippen molar-refractivity contribution in [2.24, 2.45) is 0 Å². The zero-order valence-electron chi connectivity index (χ0n) is 17.2. The summed E-state index contributed by atoms with van der Waals surface area (Å²) in [7, 11) is 1.70. The molecule has 0 saturated heterocycles. The number of carbonyl (C=O) groups is 1. The van der Waals surface area contributed by atoms with Crippen molar-refractivity contribution in [3.63, 3.8) is 0 Å². The molecule has 30 heavy (non-hydrogen) atoms. The van der Waals surface area contributed by atoms with Crippen molar-refractivity contribution < 1.29 is 18.7 Å². The van der Waals surface area contributed by atoms with E-state index in [4.69, 9.17) is 13.9 Å². The fourth-order valence-electron chi connectivity index (χ4n) is 4.33. The number of amides is 1. The molecule has 4 rings (SSSR count). The molecule has 3 aromatic rings. The Morgan fingerprint density at radius 2 is 1.77 bits per heavy atom. The summed E-state index contributed by atoms with van der Waals surface area (Å²) in [4.78, 5) is 12.9. The summed E-state index contributed by atoms with van der Waals surface area (Å²) in [6.07, 6.45) is 5.87. The zero-order chi connectivity index (χ0) is 20.8. The lowest BCUT2D eigenvalue weighted by molar-refractivity contribution is 0.0911. The van der Waals surface area contributed by atoms with Gasteiger partial charge in [-0.1, -0.05) is 49.2 Å². The summed E-state index contributed by atoms with van der Waals surface area (Å²) < 4.78 is 16.9. The van der Waals surface area contributed by atoms with Gasteiger partial charge in [-0.2, -0.15) is 0 Å². The molecule has 1 aromatic heterocycles. The average Bonchev–Trinajstić information content (AvgIpc) is 3.47. The van der Waals surface area contributed by atoms with E-state index in [1.165, 1.54) is 6.26 Å². The second-order valence-electron chi connectivity index (χ2n) is 7.75. The van der Waals surface area contributed by atoms with Crippen LogP contribution in [0.3, 0.4) is 0 Å². The molecule has 0 atom stereocenters. The number of ether oxygens (including phenoxy) is 2. The Morgan fingerprint density at radius 1 is 1.03 bits per heavy atom. The van der Waals surface area contributed by atoms with E-state index in [-0.39, 0.29) is 17.9 Å². The maximum absolute atomic E-state index is 12.9. The molecule has 0 radical (unpaired) electrons. The van der Waals surface area contributed by atoms with Crippen molar-refractivity contribution >= 4 is 5.91 Å². The quantitative estimate of drug-likeness (QED) is 0.566. The standard InChI is InChI=1S/C25H27NO4/c1-28-22-12-6-5-11-21(22)25(14-7-8-15-25)18-26-24(27)23-19(13-16-29-23)17-30-20-9-3-2-4-10-20/h2-6,9-13,16H,7-8,14-15,17-18H2,1H3,(H,26,27). The second kappa shape index (κ2) is 9.08. The molecule has 1 aliphatic rings. The molecule has 0 spiro atoms. The SMILES string of the molecule is COc1ccccc1C1(CNC(=O)c2occc2COc2ccccc2)CCCC1. The first-order valence-corrected chi connectivity index (χ1v) is 10.4. The molecule has 5 heteroatoms. The number of hydrogen-bond donors (Lipinski definition) is 1. The van der Waals surface area contributed by atoms with Crippen molar-refractivity contribution in [3.8, 4) is 11.5 Å². The molecule has 156 valence electrons. The normalized spacial score (nSPS) is 15.0. The van der Waals surface area contributed by atoms with Crippen LogP contribution in [0.4, 0.5) is 0 Å². The van der Waals surface area contributed by atoms with Crippen molar-refractivity contribution in [2.75, 3.05) is 13.7 Å². The largest absolute Gasteiger partial charge is 0.496 e. The van der Waals surface area contributed by atoms with Crippen LogP contribution in [0.2, 0.25) is 0 Å². The van der Waals surface area contributed by atoms with Crippen LogP contribution < -0.4 is 14.8 Å². The van der Waals surface area contributed by atoms with E-state index >= 15 is 0 Å². The monoisotopic (exact) mass is 405 g/mol. The fraction of sp³-hybridized carbons (Fsp3) is 0.320. The molecule has 1 heterocycles. The Hall–Kier alpha value is -3.21. The number of carbonyl (C=O) groups excluding carboxylic acids is 1. The summed E-state index contributed by atoms with van der Waals surface area (Å²) >= 11 is 0. The van der Waals surface area contributed by atoms with Gasteiger partial charge in [0.05, 0.1) is 13.4 Å². The van der Waals surface area contributed by atoms with E-state index in [0.717, 1.165) is 48.3 Å². The molecule has 2 aromatic carbocycles. The molecule has 0 bridgehead atoms. The summed E-state index contributed by atoms with van der Waals surface area (Å²) in [5.41, 5.74) is 1.78. The molecule has 5 nitrogen and oxygen atoms in total.